The molecule has 4 nitrogen and oxygen atoms in total. The number of carbonyl (C=O) groups is 2. The van der Waals surface area contributed by atoms with Crippen LogP contribution in [0.25, 0.3) is 0 Å². The Morgan fingerprint density at radius 2 is 1.80 bits per heavy atom. The van der Waals surface area contributed by atoms with Crippen molar-refractivity contribution in [3.8, 4) is 0 Å². The molecule has 25 heavy (non-hydrogen) atoms. The summed E-state index contributed by atoms with van der Waals surface area (Å²) < 4.78 is 5.35. The van der Waals surface area contributed by atoms with E-state index in [1.807, 2.05) is 23.1 Å². The van der Waals surface area contributed by atoms with Gasteiger partial charge < -0.3 is 9.64 Å². The van der Waals surface area contributed by atoms with Crippen LogP contribution in [0.5, 0.6) is 0 Å². The Balaban J connectivity index is 1.35. The molecule has 1 amide bonds. The fraction of sp³-hybridized carbons (Fsp3) is 0.619. The summed E-state index contributed by atoms with van der Waals surface area (Å²) in [7, 11) is 0. The Bertz CT molecular complexity index is 667. The van der Waals surface area contributed by atoms with Gasteiger partial charge in [-0.25, -0.2) is 4.79 Å². The third-order valence-electron chi connectivity index (χ3n) is 6.22. The molecule has 1 saturated carbocycles. The number of esters is 1. The number of rotatable bonds is 3. The van der Waals surface area contributed by atoms with Crippen molar-refractivity contribution in [2.75, 3.05) is 13.2 Å². The van der Waals surface area contributed by atoms with Gasteiger partial charge in [0.05, 0.1) is 5.56 Å². The number of fused-ring (bicyclic) bond motifs is 2. The number of hydrogen-bond acceptors (Lipinski definition) is 3. The molecule has 0 radical (unpaired) electrons. The minimum atomic E-state index is -0.375. The normalized spacial score (nSPS) is 25.2. The topological polar surface area (TPSA) is 46.6 Å². The van der Waals surface area contributed by atoms with Crippen molar-refractivity contribution >= 4 is 11.9 Å². The number of piperidine rings is 1. The Labute approximate surface area is 149 Å². The molecule has 4 rings (SSSR count). The Hall–Kier alpha value is -1.84. The quantitative estimate of drug-likeness (QED) is 0.791. The van der Waals surface area contributed by atoms with Crippen molar-refractivity contribution in [3.63, 3.8) is 0 Å². The van der Waals surface area contributed by atoms with E-state index in [4.69, 9.17) is 4.74 Å². The molecule has 4 heteroatoms. The van der Waals surface area contributed by atoms with E-state index in [1.165, 1.54) is 36.8 Å². The van der Waals surface area contributed by atoms with Gasteiger partial charge in [0.1, 0.15) is 0 Å². The molecule has 3 aliphatic rings. The van der Waals surface area contributed by atoms with Gasteiger partial charge in [0.2, 0.25) is 0 Å². The van der Waals surface area contributed by atoms with E-state index in [9.17, 15) is 9.59 Å². The van der Waals surface area contributed by atoms with Gasteiger partial charge >= 0.3 is 5.97 Å². The molecule has 0 unspecified atom stereocenters. The van der Waals surface area contributed by atoms with Gasteiger partial charge in [0.15, 0.2) is 6.61 Å². The second-order valence-corrected chi connectivity index (χ2v) is 7.75. The molecule has 0 bridgehead atoms. The van der Waals surface area contributed by atoms with Crippen LogP contribution in [0.1, 0.15) is 66.4 Å². The zero-order valence-corrected chi connectivity index (χ0v) is 14.8. The van der Waals surface area contributed by atoms with Crippen LogP contribution in [0.4, 0.5) is 0 Å². The molecule has 1 heterocycles. The highest BCUT2D eigenvalue weighted by Gasteiger charge is 2.35. The number of benzene rings is 1. The fourth-order valence-corrected chi connectivity index (χ4v) is 4.93. The molecule has 0 spiro atoms. The molecular weight excluding hydrogens is 314 g/mol. The predicted molar refractivity (Wildman–Crippen MR) is 95.4 cm³/mol. The van der Waals surface area contributed by atoms with E-state index < -0.39 is 0 Å². The average Bonchev–Trinajstić information content (AvgIpc) is 3.13. The second-order valence-electron chi connectivity index (χ2n) is 7.75. The first kappa shape index (κ1) is 16.6. The van der Waals surface area contributed by atoms with Crippen LogP contribution < -0.4 is 0 Å². The van der Waals surface area contributed by atoms with Crippen LogP contribution in [0.2, 0.25) is 0 Å². The van der Waals surface area contributed by atoms with Crippen LogP contribution in [-0.4, -0.2) is 36.0 Å². The summed E-state index contributed by atoms with van der Waals surface area (Å²) in [4.78, 5) is 26.9. The fourth-order valence-electron chi connectivity index (χ4n) is 4.93. The van der Waals surface area contributed by atoms with Gasteiger partial charge in [-0.15, -0.1) is 0 Å². The number of hydrogen-bond donors (Lipinski definition) is 0. The lowest BCUT2D eigenvalue weighted by Crippen LogP contribution is -2.50. The van der Waals surface area contributed by atoms with Crippen LogP contribution in [-0.2, 0) is 22.4 Å². The lowest BCUT2D eigenvalue weighted by atomic mass is 9.78. The third-order valence-corrected chi connectivity index (χ3v) is 6.22. The smallest absolute Gasteiger partial charge is 0.338 e. The number of carbonyl (C=O) groups excluding carboxylic acids is 2. The summed E-state index contributed by atoms with van der Waals surface area (Å²) in [6, 6.07) is 6.16. The summed E-state index contributed by atoms with van der Waals surface area (Å²) in [5.41, 5.74) is 3.16. The maximum absolute atomic E-state index is 12.6. The number of likely N-dealkylation sites (tertiary alicyclic amines) is 1. The molecule has 2 atom stereocenters. The minimum Gasteiger partial charge on any atom is -0.452 e. The van der Waals surface area contributed by atoms with E-state index >= 15 is 0 Å². The van der Waals surface area contributed by atoms with Gasteiger partial charge in [0.25, 0.3) is 5.91 Å². The zero-order chi connectivity index (χ0) is 17.2. The average molecular weight is 341 g/mol. The van der Waals surface area contributed by atoms with Crippen LogP contribution in [0, 0.1) is 5.92 Å². The predicted octanol–water partition coefficient (Wildman–Crippen LogP) is 3.51. The van der Waals surface area contributed by atoms with Gasteiger partial charge in [-0.1, -0.05) is 18.9 Å². The van der Waals surface area contributed by atoms with E-state index in [2.05, 4.69) is 0 Å². The molecule has 1 aliphatic heterocycles. The highest BCUT2D eigenvalue weighted by molar-refractivity contribution is 5.91. The van der Waals surface area contributed by atoms with E-state index in [0.29, 0.717) is 17.5 Å². The Kier molecular flexibility index (Phi) is 4.78. The number of nitrogens with zero attached hydrogens (tertiary/aromatic N) is 1. The highest BCUT2D eigenvalue weighted by atomic mass is 16.5. The highest BCUT2D eigenvalue weighted by Crippen LogP contribution is 2.35. The first-order chi connectivity index (χ1) is 12.2. The van der Waals surface area contributed by atoms with Gasteiger partial charge in [-0.3, -0.25) is 4.79 Å². The Morgan fingerprint density at radius 1 is 1.00 bits per heavy atom. The second kappa shape index (κ2) is 7.19. The summed E-state index contributed by atoms with van der Waals surface area (Å²) in [6.07, 6.45) is 10.4. The van der Waals surface area contributed by atoms with E-state index in [1.54, 1.807) is 0 Å². The molecule has 134 valence electrons. The van der Waals surface area contributed by atoms with Crippen molar-refractivity contribution in [2.24, 2.45) is 5.92 Å². The van der Waals surface area contributed by atoms with Crippen molar-refractivity contribution in [1.82, 2.24) is 4.90 Å². The molecule has 0 aromatic heterocycles. The largest absolute Gasteiger partial charge is 0.452 e. The minimum absolute atomic E-state index is 0.0221. The van der Waals surface area contributed by atoms with Gasteiger partial charge in [0, 0.05) is 12.6 Å². The van der Waals surface area contributed by atoms with Gasteiger partial charge in [-0.2, -0.15) is 0 Å². The number of aryl methyl sites for hydroxylation is 2. The van der Waals surface area contributed by atoms with Gasteiger partial charge in [-0.05, 0) is 74.1 Å². The van der Waals surface area contributed by atoms with E-state index in [-0.39, 0.29) is 18.5 Å². The molecule has 1 saturated heterocycles. The molecular formula is C21H27NO3. The molecule has 1 aromatic rings. The summed E-state index contributed by atoms with van der Waals surface area (Å²) in [5.74, 6) is 0.255. The summed E-state index contributed by atoms with van der Waals surface area (Å²) in [5, 5.41) is 0. The molecule has 0 N–H and O–H groups in total. The van der Waals surface area contributed by atoms with Crippen molar-refractivity contribution in [2.45, 2.75) is 63.8 Å². The van der Waals surface area contributed by atoms with Crippen molar-refractivity contribution in [1.29, 1.82) is 0 Å². The summed E-state index contributed by atoms with van der Waals surface area (Å²) in [6.45, 7) is 0.690. The maximum atomic E-state index is 12.6. The third kappa shape index (κ3) is 3.44. The molecule has 2 aliphatic carbocycles. The monoisotopic (exact) mass is 341 g/mol. The SMILES string of the molecule is O=C(OCC(=O)N1CCC[C@H]2CCCC[C@@H]21)c1ccc2c(c1)CCC2. The standard InChI is InChI=1S/C21H27NO3/c23-20(22-12-4-8-16-5-1-2-9-19(16)22)14-25-21(24)18-11-10-15-6-3-7-17(15)13-18/h10-11,13,16,19H,1-9,12,14H2/t16-,19+/m1/s1. The Morgan fingerprint density at radius 3 is 2.72 bits per heavy atom. The van der Waals surface area contributed by atoms with Crippen molar-refractivity contribution in [3.05, 3.63) is 34.9 Å². The lowest BCUT2D eigenvalue weighted by molar-refractivity contribution is -0.140. The maximum Gasteiger partial charge on any atom is 0.338 e. The van der Waals surface area contributed by atoms with E-state index in [0.717, 1.165) is 38.6 Å². The number of amides is 1. The van der Waals surface area contributed by atoms with Crippen LogP contribution in [0.15, 0.2) is 18.2 Å². The van der Waals surface area contributed by atoms with Crippen LogP contribution >= 0.6 is 0 Å². The van der Waals surface area contributed by atoms with Crippen molar-refractivity contribution < 1.29 is 14.3 Å². The molecule has 2 fully saturated rings. The first-order valence-electron chi connectivity index (χ1n) is 9.81. The first-order valence-corrected chi connectivity index (χ1v) is 9.81. The zero-order valence-electron chi connectivity index (χ0n) is 14.8. The van der Waals surface area contributed by atoms with Crippen LogP contribution in [0.3, 0.4) is 0 Å². The molecule has 1 aromatic carbocycles. The summed E-state index contributed by atoms with van der Waals surface area (Å²) >= 11 is 0. The number of ether oxygens (including phenoxy) is 1. The lowest BCUT2D eigenvalue weighted by Gasteiger charge is -2.44.